The number of benzene rings is 1. The molecule has 1 amide bonds. The summed E-state index contributed by atoms with van der Waals surface area (Å²) in [6.45, 7) is 0. The number of amides is 1. The summed E-state index contributed by atoms with van der Waals surface area (Å²) >= 11 is 0. The van der Waals surface area contributed by atoms with Gasteiger partial charge in [-0.15, -0.1) is 0 Å². The fourth-order valence-electron chi connectivity index (χ4n) is 3.03. The van der Waals surface area contributed by atoms with Gasteiger partial charge in [0.05, 0.1) is 11.5 Å². The molecule has 3 aromatic rings. The Kier molecular flexibility index (Phi) is 3.69. The van der Waals surface area contributed by atoms with E-state index in [-0.39, 0.29) is 23.2 Å². The van der Waals surface area contributed by atoms with Gasteiger partial charge < -0.3 is 9.88 Å². The first-order valence-corrected chi connectivity index (χ1v) is 8.08. The topological polar surface area (TPSA) is 70.7 Å². The molecule has 4 rings (SSSR count). The predicted molar refractivity (Wildman–Crippen MR) is 92.5 cm³/mol. The van der Waals surface area contributed by atoms with Crippen LogP contribution in [0.25, 0.3) is 22.0 Å². The Labute approximate surface area is 147 Å². The zero-order valence-electron chi connectivity index (χ0n) is 13.8. The van der Waals surface area contributed by atoms with E-state index in [1.807, 2.05) is 6.07 Å². The second kappa shape index (κ2) is 5.92. The number of nitrogens with one attached hydrogen (secondary N) is 1. The lowest BCUT2D eigenvalue weighted by molar-refractivity contribution is -0.117. The van der Waals surface area contributed by atoms with E-state index in [0.29, 0.717) is 16.6 Å². The second-order valence-corrected chi connectivity index (χ2v) is 6.37. The minimum atomic E-state index is -1.10. The normalized spacial score (nSPS) is 18.5. The number of aryl methyl sites for hydroxylation is 1. The SMILES string of the molecule is Cn1cccc1-c1cc2cc(NC(=O)C3CC3F)ncc2c(F)c1C#N. The van der Waals surface area contributed by atoms with Crippen LogP contribution in [0.4, 0.5) is 14.6 Å². The number of rotatable bonds is 3. The van der Waals surface area contributed by atoms with Crippen molar-refractivity contribution in [3.8, 4) is 17.3 Å². The molecule has 2 atom stereocenters. The highest BCUT2D eigenvalue weighted by Crippen LogP contribution is 2.35. The van der Waals surface area contributed by atoms with Crippen LogP contribution in [0.2, 0.25) is 0 Å². The molecule has 0 saturated heterocycles. The number of alkyl halides is 1. The highest BCUT2D eigenvalue weighted by atomic mass is 19.1. The van der Waals surface area contributed by atoms with Crippen molar-refractivity contribution >= 4 is 22.5 Å². The summed E-state index contributed by atoms with van der Waals surface area (Å²) in [6, 6.07) is 8.74. The van der Waals surface area contributed by atoms with E-state index in [2.05, 4.69) is 10.3 Å². The summed E-state index contributed by atoms with van der Waals surface area (Å²) in [5, 5.41) is 12.6. The van der Waals surface area contributed by atoms with Crippen LogP contribution in [0, 0.1) is 23.1 Å². The molecule has 26 heavy (non-hydrogen) atoms. The molecule has 2 heterocycles. The number of fused-ring (bicyclic) bond motifs is 1. The Morgan fingerprint density at radius 1 is 1.46 bits per heavy atom. The maximum atomic E-state index is 14.8. The zero-order valence-corrected chi connectivity index (χ0v) is 13.8. The molecule has 1 aromatic carbocycles. The average molecular weight is 352 g/mol. The largest absolute Gasteiger partial charge is 0.351 e. The zero-order chi connectivity index (χ0) is 18.4. The molecule has 2 aromatic heterocycles. The molecule has 0 radical (unpaired) electrons. The van der Waals surface area contributed by atoms with Crippen LogP contribution in [0.15, 0.2) is 36.7 Å². The van der Waals surface area contributed by atoms with Gasteiger partial charge in [0, 0.05) is 36.1 Å². The van der Waals surface area contributed by atoms with Gasteiger partial charge >= 0.3 is 0 Å². The Hall–Kier alpha value is -3.27. The number of halogens is 2. The third kappa shape index (κ3) is 2.60. The molecule has 2 unspecified atom stereocenters. The van der Waals surface area contributed by atoms with E-state index in [0.717, 1.165) is 0 Å². The number of carbonyl (C=O) groups excluding carboxylic acids is 1. The summed E-state index contributed by atoms with van der Waals surface area (Å²) in [4.78, 5) is 15.9. The van der Waals surface area contributed by atoms with Crippen LogP contribution in [-0.4, -0.2) is 21.6 Å². The van der Waals surface area contributed by atoms with Crippen molar-refractivity contribution in [1.29, 1.82) is 5.26 Å². The van der Waals surface area contributed by atoms with Gasteiger partial charge in [0.25, 0.3) is 0 Å². The number of nitrogens with zero attached hydrogens (tertiary/aromatic N) is 3. The molecule has 0 aliphatic heterocycles. The van der Waals surface area contributed by atoms with Gasteiger partial charge in [-0.25, -0.2) is 13.8 Å². The van der Waals surface area contributed by atoms with E-state index in [9.17, 15) is 18.8 Å². The van der Waals surface area contributed by atoms with Crippen LogP contribution in [0.5, 0.6) is 0 Å². The van der Waals surface area contributed by atoms with Crippen molar-refractivity contribution in [2.75, 3.05) is 5.32 Å². The minimum absolute atomic E-state index is 0.0591. The quantitative estimate of drug-likeness (QED) is 0.784. The van der Waals surface area contributed by atoms with E-state index in [4.69, 9.17) is 0 Å². The number of pyridine rings is 1. The van der Waals surface area contributed by atoms with Crippen LogP contribution in [0.3, 0.4) is 0 Å². The fraction of sp³-hybridized carbons (Fsp3) is 0.211. The van der Waals surface area contributed by atoms with Gasteiger partial charge in [0.1, 0.15) is 18.1 Å². The van der Waals surface area contributed by atoms with E-state index >= 15 is 0 Å². The van der Waals surface area contributed by atoms with Gasteiger partial charge in [0.2, 0.25) is 5.91 Å². The summed E-state index contributed by atoms with van der Waals surface area (Å²) in [7, 11) is 1.81. The number of hydrogen-bond donors (Lipinski definition) is 1. The van der Waals surface area contributed by atoms with Crippen LogP contribution in [0.1, 0.15) is 12.0 Å². The monoisotopic (exact) mass is 352 g/mol. The number of anilines is 1. The van der Waals surface area contributed by atoms with Crippen molar-refractivity contribution in [1.82, 2.24) is 9.55 Å². The Bertz CT molecular complexity index is 1080. The third-order valence-corrected chi connectivity index (χ3v) is 4.59. The van der Waals surface area contributed by atoms with E-state index < -0.39 is 23.8 Å². The van der Waals surface area contributed by atoms with E-state index in [1.165, 1.54) is 12.3 Å². The molecule has 1 aliphatic rings. The van der Waals surface area contributed by atoms with Gasteiger partial charge in [0.15, 0.2) is 5.82 Å². The minimum Gasteiger partial charge on any atom is -0.351 e. The van der Waals surface area contributed by atoms with Gasteiger partial charge in [-0.1, -0.05) is 0 Å². The van der Waals surface area contributed by atoms with Crippen LogP contribution < -0.4 is 5.32 Å². The molecular weight excluding hydrogens is 338 g/mol. The standard InChI is InChI=1S/C19H14F2N4O/c1-25-4-2-3-16(25)11-5-10-6-17(24-19(26)12-7-15(12)20)23-9-14(10)18(21)13(11)8-22/h2-6,9,12,15H,7H2,1H3,(H,23,24,26). The Morgan fingerprint density at radius 3 is 2.85 bits per heavy atom. The van der Waals surface area contributed by atoms with Crippen molar-refractivity contribution < 1.29 is 13.6 Å². The molecule has 5 nitrogen and oxygen atoms in total. The molecule has 1 aliphatic carbocycles. The lowest BCUT2D eigenvalue weighted by Crippen LogP contribution is -2.15. The molecule has 0 bridgehead atoms. The van der Waals surface area contributed by atoms with Crippen LogP contribution in [-0.2, 0) is 11.8 Å². The van der Waals surface area contributed by atoms with Crippen molar-refractivity contribution in [3.05, 3.63) is 48.0 Å². The smallest absolute Gasteiger partial charge is 0.231 e. The van der Waals surface area contributed by atoms with Gasteiger partial charge in [-0.3, -0.25) is 4.79 Å². The maximum absolute atomic E-state index is 14.8. The second-order valence-electron chi connectivity index (χ2n) is 6.37. The molecule has 1 fully saturated rings. The molecular formula is C19H14F2N4O. The van der Waals surface area contributed by atoms with Crippen LogP contribution >= 0.6 is 0 Å². The lowest BCUT2D eigenvalue weighted by Gasteiger charge is -2.11. The van der Waals surface area contributed by atoms with Gasteiger partial charge in [-0.2, -0.15) is 5.26 Å². The molecule has 7 heteroatoms. The average Bonchev–Trinajstić information content (AvgIpc) is 3.20. The maximum Gasteiger partial charge on any atom is 0.231 e. The van der Waals surface area contributed by atoms with Crippen molar-refractivity contribution in [2.45, 2.75) is 12.6 Å². The summed E-state index contributed by atoms with van der Waals surface area (Å²) in [5.74, 6) is -1.49. The van der Waals surface area contributed by atoms with Gasteiger partial charge in [-0.05, 0) is 36.1 Å². The lowest BCUT2D eigenvalue weighted by atomic mass is 9.99. The fourth-order valence-corrected chi connectivity index (χ4v) is 3.03. The van der Waals surface area contributed by atoms with Crippen molar-refractivity contribution in [3.63, 3.8) is 0 Å². The Morgan fingerprint density at radius 2 is 2.23 bits per heavy atom. The molecule has 1 saturated carbocycles. The highest BCUT2D eigenvalue weighted by molar-refractivity contribution is 5.97. The number of nitriles is 1. The Balaban J connectivity index is 1.81. The molecule has 0 spiro atoms. The number of carbonyl (C=O) groups is 1. The van der Waals surface area contributed by atoms with E-state index in [1.54, 1.807) is 36.0 Å². The first-order valence-electron chi connectivity index (χ1n) is 8.08. The van der Waals surface area contributed by atoms with Crippen molar-refractivity contribution in [2.24, 2.45) is 13.0 Å². The third-order valence-electron chi connectivity index (χ3n) is 4.59. The summed E-state index contributed by atoms with van der Waals surface area (Å²) in [5.41, 5.74) is 1.10. The molecule has 130 valence electrons. The summed E-state index contributed by atoms with van der Waals surface area (Å²) in [6.07, 6.45) is 2.20. The first kappa shape index (κ1) is 16.2. The predicted octanol–water partition coefficient (Wildman–Crippen LogP) is 3.55. The highest BCUT2D eigenvalue weighted by Gasteiger charge is 2.43. The number of aromatic nitrogens is 2. The summed E-state index contributed by atoms with van der Waals surface area (Å²) < 4.78 is 29.6. The first-order chi connectivity index (χ1) is 12.5. The number of hydrogen-bond acceptors (Lipinski definition) is 3. The molecule has 1 N–H and O–H groups in total.